The van der Waals surface area contributed by atoms with Crippen LogP contribution in [-0.2, 0) is 6.42 Å². The number of carbonyl (C=O) groups excluding carboxylic acids is 1. The predicted octanol–water partition coefficient (Wildman–Crippen LogP) is 5.00. The first-order valence-electron chi connectivity index (χ1n) is 10.8. The van der Waals surface area contributed by atoms with Crippen LogP contribution in [0.1, 0.15) is 34.3 Å². The van der Waals surface area contributed by atoms with Gasteiger partial charge >= 0.3 is 0 Å². The monoisotopic (exact) mass is 416 g/mol. The van der Waals surface area contributed by atoms with Crippen LogP contribution in [0.4, 0.5) is 0 Å². The van der Waals surface area contributed by atoms with Crippen LogP contribution in [0.3, 0.4) is 0 Å². The van der Waals surface area contributed by atoms with E-state index in [9.17, 15) is 4.79 Å². The number of amides is 1. The lowest BCUT2D eigenvalue weighted by atomic mass is 9.97. The summed E-state index contributed by atoms with van der Waals surface area (Å²) in [6.07, 6.45) is 0.893. The average Bonchev–Trinajstić information content (AvgIpc) is 2.81. The Hall–Kier alpha value is -3.11. The number of methoxy groups -OCH3 is 1. The van der Waals surface area contributed by atoms with E-state index in [1.807, 2.05) is 54.6 Å². The van der Waals surface area contributed by atoms with Crippen LogP contribution >= 0.6 is 0 Å². The predicted molar refractivity (Wildman–Crippen MR) is 128 cm³/mol. The third-order valence-corrected chi connectivity index (χ3v) is 5.48. The molecular weight excluding hydrogens is 384 g/mol. The molecule has 0 saturated carbocycles. The molecule has 1 atom stereocenters. The largest absolute Gasteiger partial charge is 0.496 e. The molecule has 0 radical (unpaired) electrons. The molecule has 3 aromatic rings. The number of likely N-dealkylation sites (N-methyl/N-ethyl adjacent to an activating group) is 1. The summed E-state index contributed by atoms with van der Waals surface area (Å²) in [5.41, 5.74) is 5.02. The molecule has 4 heteroatoms. The lowest BCUT2D eigenvalue weighted by Crippen LogP contribution is -2.33. The molecule has 3 rings (SSSR count). The number of carbonyl (C=O) groups is 1. The molecular formula is C27H32N2O2. The second-order valence-electron chi connectivity index (χ2n) is 8.01. The molecule has 0 heterocycles. The average molecular weight is 417 g/mol. The van der Waals surface area contributed by atoms with E-state index >= 15 is 0 Å². The minimum Gasteiger partial charge on any atom is -0.496 e. The van der Waals surface area contributed by atoms with Crippen LogP contribution in [0, 0.1) is 0 Å². The summed E-state index contributed by atoms with van der Waals surface area (Å²) in [7, 11) is 5.81. The van der Waals surface area contributed by atoms with Crippen molar-refractivity contribution in [1.82, 2.24) is 10.2 Å². The van der Waals surface area contributed by atoms with Gasteiger partial charge in [0.25, 0.3) is 5.91 Å². The maximum absolute atomic E-state index is 13.0. The van der Waals surface area contributed by atoms with Gasteiger partial charge in [0.2, 0.25) is 0 Å². The first-order chi connectivity index (χ1) is 15.0. The Morgan fingerprint density at radius 2 is 1.74 bits per heavy atom. The van der Waals surface area contributed by atoms with Crippen molar-refractivity contribution in [2.24, 2.45) is 0 Å². The number of hydrogen-bond donors (Lipinski definition) is 1. The summed E-state index contributed by atoms with van der Waals surface area (Å²) in [6.45, 7) is 3.56. The van der Waals surface area contributed by atoms with Gasteiger partial charge in [0.15, 0.2) is 0 Å². The van der Waals surface area contributed by atoms with Crippen molar-refractivity contribution in [3.8, 4) is 16.9 Å². The van der Waals surface area contributed by atoms with Crippen molar-refractivity contribution in [3.63, 3.8) is 0 Å². The smallest absolute Gasteiger partial charge is 0.251 e. The highest BCUT2D eigenvalue weighted by molar-refractivity contribution is 5.95. The summed E-state index contributed by atoms with van der Waals surface area (Å²) in [5.74, 6) is 1.04. The molecule has 0 fully saturated rings. The number of nitrogens with one attached hydrogen (secondary N) is 1. The molecule has 162 valence electrons. The molecule has 0 aliphatic carbocycles. The van der Waals surface area contributed by atoms with Crippen molar-refractivity contribution in [1.29, 1.82) is 0 Å². The Morgan fingerprint density at radius 3 is 2.42 bits per heavy atom. The van der Waals surface area contributed by atoms with E-state index in [0.717, 1.165) is 35.4 Å². The third kappa shape index (κ3) is 5.74. The van der Waals surface area contributed by atoms with Crippen LogP contribution in [0.25, 0.3) is 11.1 Å². The normalized spacial score (nSPS) is 11.9. The van der Waals surface area contributed by atoms with E-state index < -0.39 is 0 Å². The highest BCUT2D eigenvalue weighted by Gasteiger charge is 2.16. The zero-order valence-electron chi connectivity index (χ0n) is 18.9. The van der Waals surface area contributed by atoms with E-state index in [0.29, 0.717) is 12.1 Å². The Labute approximate surface area is 185 Å². The SMILES string of the molecule is CCc1cccc(-c2cccc(C(=O)NC[C@H](CN(C)C)c3ccccc3)c2)c1OC. The number of rotatable bonds is 9. The summed E-state index contributed by atoms with van der Waals surface area (Å²) < 4.78 is 5.68. The summed E-state index contributed by atoms with van der Waals surface area (Å²) in [6, 6.07) is 24.2. The van der Waals surface area contributed by atoms with Crippen LogP contribution in [0.2, 0.25) is 0 Å². The van der Waals surface area contributed by atoms with Crippen LogP contribution in [0.15, 0.2) is 72.8 Å². The summed E-state index contributed by atoms with van der Waals surface area (Å²) in [5, 5.41) is 3.14. The Morgan fingerprint density at radius 1 is 1.00 bits per heavy atom. The van der Waals surface area contributed by atoms with Crippen molar-refractivity contribution < 1.29 is 9.53 Å². The van der Waals surface area contributed by atoms with Gasteiger partial charge < -0.3 is 15.0 Å². The molecule has 31 heavy (non-hydrogen) atoms. The van der Waals surface area contributed by atoms with Gasteiger partial charge in [-0.15, -0.1) is 0 Å². The summed E-state index contributed by atoms with van der Waals surface area (Å²) >= 11 is 0. The van der Waals surface area contributed by atoms with Crippen LogP contribution in [0.5, 0.6) is 5.75 Å². The lowest BCUT2D eigenvalue weighted by Gasteiger charge is -2.22. The number of ether oxygens (including phenoxy) is 1. The van der Waals surface area contributed by atoms with Gasteiger partial charge in [0.1, 0.15) is 5.75 Å². The molecule has 0 aliphatic heterocycles. The molecule has 0 bridgehead atoms. The standard InChI is InChI=1S/C27H32N2O2/c1-5-20-13-10-16-25(26(20)31-4)22-14-9-15-23(17-22)27(30)28-18-24(19-29(2)3)21-11-7-6-8-12-21/h6-17,24H,5,18-19H2,1-4H3,(H,28,30)/t24-/m1/s1. The highest BCUT2D eigenvalue weighted by Crippen LogP contribution is 2.33. The first-order valence-corrected chi connectivity index (χ1v) is 10.8. The fourth-order valence-electron chi connectivity index (χ4n) is 3.93. The molecule has 0 spiro atoms. The van der Waals surface area contributed by atoms with Gasteiger partial charge in [-0.05, 0) is 49.3 Å². The topological polar surface area (TPSA) is 41.6 Å². The third-order valence-electron chi connectivity index (χ3n) is 5.48. The molecule has 0 aromatic heterocycles. The number of benzene rings is 3. The fraction of sp³-hybridized carbons (Fsp3) is 0.296. The fourth-order valence-corrected chi connectivity index (χ4v) is 3.93. The quantitative estimate of drug-likeness (QED) is 0.534. The zero-order valence-corrected chi connectivity index (χ0v) is 18.9. The van der Waals surface area contributed by atoms with E-state index in [4.69, 9.17) is 4.74 Å². The van der Waals surface area contributed by atoms with Gasteiger partial charge in [0, 0.05) is 30.1 Å². The minimum atomic E-state index is -0.0628. The Bertz CT molecular complexity index is 999. The van der Waals surface area contributed by atoms with Crippen LogP contribution in [-0.4, -0.2) is 45.1 Å². The van der Waals surface area contributed by atoms with Crippen molar-refractivity contribution in [2.75, 3.05) is 34.3 Å². The van der Waals surface area contributed by atoms with Gasteiger partial charge in [-0.2, -0.15) is 0 Å². The van der Waals surface area contributed by atoms with Gasteiger partial charge in [-0.1, -0.05) is 67.6 Å². The minimum absolute atomic E-state index is 0.0628. The van der Waals surface area contributed by atoms with Crippen LogP contribution < -0.4 is 10.1 Å². The number of aryl methyl sites for hydroxylation is 1. The second kappa shape index (κ2) is 10.8. The highest BCUT2D eigenvalue weighted by atomic mass is 16.5. The summed E-state index contributed by atoms with van der Waals surface area (Å²) in [4.78, 5) is 15.1. The molecule has 0 unspecified atom stereocenters. The Kier molecular flexibility index (Phi) is 7.85. The molecule has 1 N–H and O–H groups in total. The molecule has 0 aliphatic rings. The molecule has 4 nitrogen and oxygen atoms in total. The maximum Gasteiger partial charge on any atom is 0.251 e. The molecule has 3 aromatic carbocycles. The first kappa shape index (κ1) is 22.6. The lowest BCUT2D eigenvalue weighted by molar-refractivity contribution is 0.0949. The van der Waals surface area contributed by atoms with E-state index in [2.05, 4.69) is 49.4 Å². The van der Waals surface area contributed by atoms with Crippen molar-refractivity contribution in [2.45, 2.75) is 19.3 Å². The van der Waals surface area contributed by atoms with Gasteiger partial charge in [-0.25, -0.2) is 0 Å². The maximum atomic E-state index is 13.0. The number of para-hydroxylation sites is 1. The molecule has 1 amide bonds. The zero-order chi connectivity index (χ0) is 22.2. The van der Waals surface area contributed by atoms with Gasteiger partial charge in [0.05, 0.1) is 7.11 Å². The second-order valence-corrected chi connectivity index (χ2v) is 8.01. The van der Waals surface area contributed by atoms with E-state index in [1.165, 1.54) is 5.56 Å². The Balaban J connectivity index is 1.79. The van der Waals surface area contributed by atoms with E-state index in [1.54, 1.807) is 7.11 Å². The number of hydrogen-bond acceptors (Lipinski definition) is 3. The van der Waals surface area contributed by atoms with Crippen molar-refractivity contribution >= 4 is 5.91 Å². The molecule has 0 saturated heterocycles. The van der Waals surface area contributed by atoms with Gasteiger partial charge in [-0.3, -0.25) is 4.79 Å². The number of nitrogens with zero attached hydrogens (tertiary/aromatic N) is 1. The van der Waals surface area contributed by atoms with E-state index in [-0.39, 0.29) is 11.8 Å². The van der Waals surface area contributed by atoms with Crippen molar-refractivity contribution in [3.05, 3.63) is 89.5 Å².